The number of imide groups is 2. The molecular formula is C43H57N7O8. The highest BCUT2D eigenvalue weighted by Gasteiger charge is 2.67. The number of nitrogens with two attached hydrogens (primary N) is 2. The third kappa shape index (κ3) is 6.19. The Morgan fingerprint density at radius 3 is 1.29 bits per heavy atom. The highest BCUT2D eigenvalue weighted by Crippen LogP contribution is 2.58. The molecule has 4 bridgehead atoms. The van der Waals surface area contributed by atoms with Crippen LogP contribution in [0.2, 0.25) is 0 Å². The van der Waals surface area contributed by atoms with Crippen LogP contribution in [0, 0.1) is 22.7 Å². The third-order valence-corrected chi connectivity index (χ3v) is 14.8. The molecule has 4 unspecified atom stereocenters. The number of hydrogen-bond acceptors (Lipinski definition) is 9. The normalized spacial score (nSPS) is 30.6. The molecule has 7 aliphatic rings. The quantitative estimate of drug-likeness (QED) is 0.214. The molecule has 15 heteroatoms. The van der Waals surface area contributed by atoms with E-state index in [9.17, 15) is 29.4 Å². The van der Waals surface area contributed by atoms with Crippen molar-refractivity contribution in [3.63, 3.8) is 0 Å². The largest absolute Gasteiger partial charge is 0.465 e. The summed E-state index contributed by atoms with van der Waals surface area (Å²) >= 11 is 0. The minimum absolute atomic E-state index is 0.0349. The van der Waals surface area contributed by atoms with Crippen LogP contribution in [0.25, 0.3) is 0 Å². The number of primary amides is 2. The Balaban J connectivity index is 1.47. The van der Waals surface area contributed by atoms with Gasteiger partial charge >= 0.3 is 12.2 Å². The van der Waals surface area contributed by atoms with E-state index >= 15 is 9.59 Å². The van der Waals surface area contributed by atoms with Crippen LogP contribution in [0.3, 0.4) is 0 Å². The summed E-state index contributed by atoms with van der Waals surface area (Å²) < 4.78 is 0. The van der Waals surface area contributed by atoms with E-state index in [1.54, 1.807) is 0 Å². The number of likely N-dealkylation sites (tertiary alicyclic amines) is 2. The standard InChI is InChI=1S/C43H57N7O8/c1-40(2)30(34(44)51)23-25-13-17-27(18-14-25)42(40,36(53)46-38(55)56)48-21-7-11-32(48)50(29-9-5-6-10-29)33-12-8-22-49(33)43(37(54)47-39(57)58)28-19-15-26(16-20-28)24-31(35(45)52)41(43,3)4/h13-20,29-33H,5-12,21-24H2,1-4H3,(H2,44,51)(H2,45,52)(H,46,53)(H,47,54)(H,55,56)(H,57,58)/t30?,31?,32?,33?,42-,43-/m0/s1. The van der Waals surface area contributed by atoms with Crippen molar-refractivity contribution >= 4 is 35.8 Å². The first-order chi connectivity index (χ1) is 27.4. The molecule has 58 heavy (non-hydrogen) atoms. The van der Waals surface area contributed by atoms with Crippen molar-refractivity contribution < 1.29 is 39.0 Å². The van der Waals surface area contributed by atoms with Crippen molar-refractivity contribution in [2.45, 2.75) is 121 Å². The molecule has 2 aromatic carbocycles. The number of carbonyl (C=O) groups is 6. The molecule has 0 spiro atoms. The van der Waals surface area contributed by atoms with Gasteiger partial charge in [-0.05, 0) is 73.6 Å². The molecule has 9 rings (SSSR count). The average molecular weight is 800 g/mol. The van der Waals surface area contributed by atoms with Gasteiger partial charge in [0.15, 0.2) is 0 Å². The summed E-state index contributed by atoms with van der Waals surface area (Å²) in [5.74, 6) is -4.48. The lowest BCUT2D eigenvalue weighted by Gasteiger charge is -2.60. The van der Waals surface area contributed by atoms with Crippen LogP contribution in [0.15, 0.2) is 48.5 Å². The topological polar surface area (TPSA) is 229 Å². The fourth-order valence-electron chi connectivity index (χ4n) is 12.3. The van der Waals surface area contributed by atoms with Crippen LogP contribution in [-0.4, -0.2) is 92.2 Å². The lowest BCUT2D eigenvalue weighted by Crippen LogP contribution is -2.74. The SMILES string of the molecule is CC1(C)C(C(N)=O)Cc2ccc(cc2)[C@@]1(C(=O)NC(=O)O)N1CCCC1N(C1CCCC1)C1CCCN1[C@]1(C(=O)NC(=O)O)c2ccc(cc2)CC(C(N)=O)C1(C)C. The zero-order valence-electron chi connectivity index (χ0n) is 33.8. The van der Waals surface area contributed by atoms with Crippen LogP contribution in [-0.2, 0) is 43.1 Å². The first-order valence-corrected chi connectivity index (χ1v) is 20.6. The molecule has 1 saturated carbocycles. The van der Waals surface area contributed by atoms with Gasteiger partial charge < -0.3 is 21.7 Å². The van der Waals surface area contributed by atoms with Crippen molar-refractivity contribution in [1.82, 2.24) is 25.3 Å². The molecule has 0 radical (unpaired) electrons. The van der Waals surface area contributed by atoms with E-state index in [4.69, 9.17) is 11.5 Å². The molecule has 6 atom stereocenters. The predicted octanol–water partition coefficient (Wildman–Crippen LogP) is 3.82. The molecule has 15 nitrogen and oxygen atoms in total. The van der Waals surface area contributed by atoms with Gasteiger partial charge in [0.25, 0.3) is 11.8 Å². The average Bonchev–Trinajstić information content (AvgIpc) is 3.94. The van der Waals surface area contributed by atoms with Crippen LogP contribution in [0.1, 0.15) is 101 Å². The minimum Gasteiger partial charge on any atom is -0.465 e. The van der Waals surface area contributed by atoms with E-state index < -0.39 is 81.9 Å². The molecule has 2 heterocycles. The maximum Gasteiger partial charge on any atom is 0.411 e. The van der Waals surface area contributed by atoms with Gasteiger partial charge in [0.1, 0.15) is 11.1 Å². The van der Waals surface area contributed by atoms with E-state index in [2.05, 4.69) is 25.3 Å². The Morgan fingerprint density at radius 1 is 0.603 bits per heavy atom. The molecule has 2 aliphatic heterocycles. The van der Waals surface area contributed by atoms with Gasteiger partial charge in [-0.15, -0.1) is 0 Å². The van der Waals surface area contributed by atoms with Crippen molar-refractivity contribution in [2.75, 3.05) is 13.1 Å². The van der Waals surface area contributed by atoms with Crippen molar-refractivity contribution in [3.8, 4) is 0 Å². The van der Waals surface area contributed by atoms with Crippen LogP contribution < -0.4 is 22.1 Å². The Bertz CT molecular complexity index is 1850. The summed E-state index contributed by atoms with van der Waals surface area (Å²) in [6, 6.07) is 14.8. The van der Waals surface area contributed by atoms with Crippen LogP contribution >= 0.6 is 0 Å². The maximum atomic E-state index is 15.1. The number of fused-ring (bicyclic) bond motifs is 10. The van der Waals surface area contributed by atoms with E-state index in [0.29, 0.717) is 49.9 Å². The van der Waals surface area contributed by atoms with Gasteiger partial charge in [-0.1, -0.05) is 89.1 Å². The number of carboxylic acid groups (broad SMARTS) is 2. The highest BCUT2D eigenvalue weighted by atomic mass is 16.4. The Labute approximate surface area is 338 Å². The van der Waals surface area contributed by atoms with Crippen molar-refractivity contribution in [3.05, 3.63) is 70.8 Å². The molecule has 0 aromatic heterocycles. The number of nitrogens with one attached hydrogen (secondary N) is 2. The first-order valence-electron chi connectivity index (χ1n) is 20.6. The van der Waals surface area contributed by atoms with Gasteiger partial charge in [-0.25, -0.2) is 9.59 Å². The summed E-state index contributed by atoms with van der Waals surface area (Å²) in [5.41, 5.74) is 9.26. The van der Waals surface area contributed by atoms with Crippen molar-refractivity contribution in [1.29, 1.82) is 0 Å². The maximum absolute atomic E-state index is 15.1. The minimum atomic E-state index is -1.71. The molecule has 2 saturated heterocycles. The first kappa shape index (κ1) is 41.3. The third-order valence-electron chi connectivity index (χ3n) is 14.8. The summed E-state index contributed by atoms with van der Waals surface area (Å²) in [6.07, 6.45) is 2.42. The summed E-state index contributed by atoms with van der Waals surface area (Å²) in [5, 5.41) is 24.7. The summed E-state index contributed by atoms with van der Waals surface area (Å²) in [7, 11) is 0. The molecule has 312 valence electrons. The molecule has 2 aromatic rings. The lowest BCUT2D eigenvalue weighted by molar-refractivity contribution is -0.178. The van der Waals surface area contributed by atoms with Crippen molar-refractivity contribution in [2.24, 2.45) is 34.1 Å². The zero-order chi connectivity index (χ0) is 41.9. The second-order valence-corrected chi connectivity index (χ2v) is 18.1. The fourth-order valence-corrected chi connectivity index (χ4v) is 12.3. The number of nitrogens with zero attached hydrogens (tertiary/aromatic N) is 3. The van der Waals surface area contributed by atoms with Gasteiger partial charge in [-0.3, -0.25) is 44.5 Å². The van der Waals surface area contributed by atoms with Gasteiger partial charge in [-0.2, -0.15) is 0 Å². The number of amides is 6. The highest BCUT2D eigenvalue weighted by molar-refractivity contribution is 6.00. The second-order valence-electron chi connectivity index (χ2n) is 18.1. The molecule has 8 N–H and O–H groups in total. The second kappa shape index (κ2) is 15.1. The van der Waals surface area contributed by atoms with Gasteiger partial charge in [0.05, 0.1) is 12.3 Å². The molecular weight excluding hydrogens is 743 g/mol. The van der Waals surface area contributed by atoms with Gasteiger partial charge in [0.2, 0.25) is 11.8 Å². The zero-order valence-corrected chi connectivity index (χ0v) is 33.8. The van der Waals surface area contributed by atoms with E-state index in [1.165, 1.54) is 0 Å². The monoisotopic (exact) mass is 799 g/mol. The molecule has 3 fully saturated rings. The number of carbonyl (C=O) groups excluding carboxylic acids is 4. The summed E-state index contributed by atoms with van der Waals surface area (Å²) in [4.78, 5) is 88.6. The van der Waals surface area contributed by atoms with E-state index in [0.717, 1.165) is 36.8 Å². The summed E-state index contributed by atoms with van der Waals surface area (Å²) in [6.45, 7) is 8.07. The van der Waals surface area contributed by atoms with E-state index in [-0.39, 0.29) is 18.9 Å². The number of hydrogen-bond donors (Lipinski definition) is 6. The van der Waals surface area contributed by atoms with Crippen LogP contribution in [0.5, 0.6) is 0 Å². The lowest BCUT2D eigenvalue weighted by atomic mass is 9.57. The Hall–Kier alpha value is -4.86. The number of rotatable bonds is 9. The Morgan fingerprint density at radius 2 is 0.966 bits per heavy atom. The smallest absolute Gasteiger partial charge is 0.411 e. The Kier molecular flexibility index (Phi) is 10.7. The van der Waals surface area contributed by atoms with Crippen LogP contribution in [0.4, 0.5) is 9.59 Å². The number of benzene rings is 2. The predicted molar refractivity (Wildman–Crippen MR) is 212 cm³/mol. The van der Waals surface area contributed by atoms with Gasteiger partial charge in [0, 0.05) is 41.8 Å². The molecule has 5 aliphatic carbocycles. The fraction of sp³-hybridized carbons (Fsp3) is 0.581. The molecule has 6 amide bonds. The van der Waals surface area contributed by atoms with E-state index in [1.807, 2.05) is 76.2 Å².